The molecule has 21 heavy (non-hydrogen) atoms. The Morgan fingerprint density at radius 3 is 2.38 bits per heavy atom. The van der Waals surface area contributed by atoms with E-state index in [0.29, 0.717) is 0 Å². The van der Waals surface area contributed by atoms with E-state index in [2.05, 4.69) is 0 Å². The van der Waals surface area contributed by atoms with Gasteiger partial charge in [0.2, 0.25) is 0 Å². The van der Waals surface area contributed by atoms with Crippen molar-refractivity contribution in [2.24, 2.45) is 0 Å². The quantitative estimate of drug-likeness (QED) is 0.895. The summed E-state index contributed by atoms with van der Waals surface area (Å²) in [7, 11) is 0. The number of hydrogen-bond acceptors (Lipinski definition) is 1. The zero-order valence-electron chi connectivity index (χ0n) is 10.6. The molecule has 0 aliphatic heterocycles. The van der Waals surface area contributed by atoms with Crippen LogP contribution in [0.15, 0.2) is 42.5 Å². The van der Waals surface area contributed by atoms with Crippen molar-refractivity contribution in [1.82, 2.24) is 0 Å². The summed E-state index contributed by atoms with van der Waals surface area (Å²) < 4.78 is 39.2. The molecule has 2 nitrogen and oxygen atoms in total. The molecule has 0 heterocycles. The van der Waals surface area contributed by atoms with E-state index in [1.807, 2.05) is 0 Å². The number of halogens is 4. The molecule has 0 aromatic heterocycles. The number of carboxylic acid groups (broad SMARTS) is 1. The highest BCUT2D eigenvalue weighted by Crippen LogP contribution is 2.38. The van der Waals surface area contributed by atoms with Gasteiger partial charge >= 0.3 is 12.1 Å². The fraction of sp³-hybridized carbons (Fsp3) is 0.133. The lowest BCUT2D eigenvalue weighted by molar-refractivity contribution is -0.137. The van der Waals surface area contributed by atoms with Crippen molar-refractivity contribution in [2.45, 2.75) is 12.6 Å². The summed E-state index contributed by atoms with van der Waals surface area (Å²) in [6.07, 6.45) is -4.92. The monoisotopic (exact) mass is 314 g/mol. The average Bonchev–Trinajstić information content (AvgIpc) is 2.37. The first-order valence-corrected chi connectivity index (χ1v) is 6.33. The van der Waals surface area contributed by atoms with Crippen LogP contribution in [0.5, 0.6) is 0 Å². The number of aliphatic carboxylic acids is 1. The Labute approximate surface area is 123 Å². The molecular weight excluding hydrogens is 305 g/mol. The molecule has 0 spiro atoms. The molecule has 2 rings (SSSR count). The van der Waals surface area contributed by atoms with Crippen molar-refractivity contribution in [3.8, 4) is 11.1 Å². The minimum absolute atomic E-state index is 0.0575. The van der Waals surface area contributed by atoms with Gasteiger partial charge in [-0.05, 0) is 34.9 Å². The summed E-state index contributed by atoms with van der Waals surface area (Å²) in [6.45, 7) is 0. The minimum atomic E-state index is -4.52. The lowest BCUT2D eigenvalue weighted by Crippen LogP contribution is -2.08. The number of hydrogen-bond donors (Lipinski definition) is 1. The molecule has 110 valence electrons. The number of benzene rings is 2. The molecule has 2 aromatic carbocycles. The molecule has 0 unspecified atom stereocenters. The van der Waals surface area contributed by atoms with Crippen LogP contribution < -0.4 is 0 Å². The van der Waals surface area contributed by atoms with Gasteiger partial charge in [-0.3, -0.25) is 4.79 Å². The number of rotatable bonds is 3. The number of alkyl halides is 3. The van der Waals surface area contributed by atoms with E-state index < -0.39 is 24.1 Å². The second kappa shape index (κ2) is 5.77. The predicted octanol–water partition coefficient (Wildman–Crippen LogP) is 4.65. The van der Waals surface area contributed by atoms with Gasteiger partial charge in [0.05, 0.1) is 12.0 Å². The van der Waals surface area contributed by atoms with Gasteiger partial charge in [0.1, 0.15) is 0 Å². The normalized spacial score (nSPS) is 11.4. The molecular formula is C15H10ClF3O2. The first-order valence-electron chi connectivity index (χ1n) is 5.96. The highest BCUT2D eigenvalue weighted by Gasteiger charge is 2.33. The summed E-state index contributed by atoms with van der Waals surface area (Å²) in [5.74, 6) is -1.14. The fourth-order valence-corrected chi connectivity index (χ4v) is 2.29. The summed E-state index contributed by atoms with van der Waals surface area (Å²) in [5, 5.41) is 9.17. The van der Waals surface area contributed by atoms with Gasteiger partial charge in [-0.1, -0.05) is 35.9 Å². The third-order valence-corrected chi connectivity index (χ3v) is 3.17. The van der Waals surface area contributed by atoms with Crippen LogP contribution in [-0.2, 0) is 17.4 Å². The zero-order valence-corrected chi connectivity index (χ0v) is 11.4. The second-order valence-corrected chi connectivity index (χ2v) is 4.85. The highest BCUT2D eigenvalue weighted by molar-refractivity contribution is 6.30. The van der Waals surface area contributed by atoms with E-state index in [-0.39, 0.29) is 21.7 Å². The first-order chi connectivity index (χ1) is 9.79. The van der Waals surface area contributed by atoms with Gasteiger partial charge in [0, 0.05) is 5.02 Å². The number of carbonyl (C=O) groups is 1. The molecule has 2 aromatic rings. The summed E-state index contributed by atoms with van der Waals surface area (Å²) in [5.41, 5.74) is -0.404. The SMILES string of the molecule is O=C(O)Cc1cc(Cl)ccc1-c1ccccc1C(F)(F)F. The summed E-state index contributed by atoms with van der Waals surface area (Å²) in [4.78, 5) is 10.9. The number of carboxylic acids is 1. The second-order valence-electron chi connectivity index (χ2n) is 4.42. The molecule has 0 radical (unpaired) electrons. The van der Waals surface area contributed by atoms with Gasteiger partial charge < -0.3 is 5.11 Å². The first kappa shape index (κ1) is 15.4. The molecule has 0 amide bonds. The van der Waals surface area contributed by atoms with Crippen LogP contribution in [0.3, 0.4) is 0 Å². The summed E-state index contributed by atoms with van der Waals surface area (Å²) in [6, 6.07) is 9.27. The van der Waals surface area contributed by atoms with Gasteiger partial charge in [0.15, 0.2) is 0 Å². The minimum Gasteiger partial charge on any atom is -0.481 e. The van der Waals surface area contributed by atoms with E-state index in [1.165, 1.54) is 36.4 Å². The van der Waals surface area contributed by atoms with Crippen molar-refractivity contribution in [3.63, 3.8) is 0 Å². The molecule has 0 saturated carbocycles. The lowest BCUT2D eigenvalue weighted by Gasteiger charge is -2.15. The van der Waals surface area contributed by atoms with Crippen LogP contribution in [0.4, 0.5) is 13.2 Å². The van der Waals surface area contributed by atoms with Crippen molar-refractivity contribution in [2.75, 3.05) is 0 Å². The van der Waals surface area contributed by atoms with Crippen LogP contribution in [0.25, 0.3) is 11.1 Å². The Morgan fingerprint density at radius 1 is 1.10 bits per heavy atom. The Balaban J connectivity index is 2.65. The van der Waals surface area contributed by atoms with Gasteiger partial charge in [-0.2, -0.15) is 13.2 Å². The van der Waals surface area contributed by atoms with Gasteiger partial charge in [-0.15, -0.1) is 0 Å². The molecule has 1 N–H and O–H groups in total. The van der Waals surface area contributed by atoms with Crippen LogP contribution in [0, 0.1) is 0 Å². The van der Waals surface area contributed by atoms with E-state index in [4.69, 9.17) is 16.7 Å². The maximum Gasteiger partial charge on any atom is 0.417 e. The van der Waals surface area contributed by atoms with Crippen molar-refractivity contribution < 1.29 is 23.1 Å². The predicted molar refractivity (Wildman–Crippen MR) is 73.2 cm³/mol. The molecule has 0 atom stereocenters. The molecule has 0 aliphatic rings. The van der Waals surface area contributed by atoms with Crippen LogP contribution in [-0.4, -0.2) is 11.1 Å². The topological polar surface area (TPSA) is 37.3 Å². The van der Waals surface area contributed by atoms with E-state index in [0.717, 1.165) is 6.07 Å². The fourth-order valence-electron chi connectivity index (χ4n) is 2.10. The maximum absolute atomic E-state index is 13.1. The highest BCUT2D eigenvalue weighted by atomic mass is 35.5. The summed E-state index contributed by atoms with van der Waals surface area (Å²) >= 11 is 5.80. The van der Waals surface area contributed by atoms with Gasteiger partial charge in [-0.25, -0.2) is 0 Å². The van der Waals surface area contributed by atoms with E-state index >= 15 is 0 Å². The van der Waals surface area contributed by atoms with Crippen molar-refractivity contribution >= 4 is 17.6 Å². The van der Waals surface area contributed by atoms with E-state index in [9.17, 15) is 18.0 Å². The Kier molecular flexibility index (Phi) is 4.23. The standard InChI is InChI=1S/C15H10ClF3O2/c16-10-5-6-11(9(7-10)8-14(20)21)12-3-1-2-4-13(12)15(17,18)19/h1-7H,8H2,(H,20,21). The van der Waals surface area contributed by atoms with Gasteiger partial charge in [0.25, 0.3) is 0 Å². The molecule has 0 saturated heterocycles. The van der Waals surface area contributed by atoms with Crippen LogP contribution >= 0.6 is 11.6 Å². The maximum atomic E-state index is 13.1. The van der Waals surface area contributed by atoms with Crippen molar-refractivity contribution in [1.29, 1.82) is 0 Å². The average molecular weight is 315 g/mol. The zero-order chi connectivity index (χ0) is 15.6. The Hall–Kier alpha value is -2.01. The third kappa shape index (κ3) is 3.55. The Morgan fingerprint density at radius 2 is 1.76 bits per heavy atom. The van der Waals surface area contributed by atoms with Crippen LogP contribution in [0.1, 0.15) is 11.1 Å². The van der Waals surface area contributed by atoms with Crippen molar-refractivity contribution in [3.05, 3.63) is 58.6 Å². The van der Waals surface area contributed by atoms with Crippen LogP contribution in [0.2, 0.25) is 5.02 Å². The molecule has 6 heteroatoms. The smallest absolute Gasteiger partial charge is 0.417 e. The molecule has 0 bridgehead atoms. The Bertz CT molecular complexity index is 681. The molecule has 0 fully saturated rings. The van der Waals surface area contributed by atoms with E-state index in [1.54, 1.807) is 0 Å². The third-order valence-electron chi connectivity index (χ3n) is 2.93. The lowest BCUT2D eigenvalue weighted by atomic mass is 9.94. The largest absolute Gasteiger partial charge is 0.481 e. The molecule has 0 aliphatic carbocycles.